The number of rotatable bonds is 4. The van der Waals surface area contributed by atoms with Gasteiger partial charge in [0.25, 0.3) is 0 Å². The molecule has 0 saturated carbocycles. The summed E-state index contributed by atoms with van der Waals surface area (Å²) in [5, 5.41) is 8.81. The predicted octanol–water partition coefficient (Wildman–Crippen LogP) is 6.09. The van der Waals surface area contributed by atoms with Crippen LogP contribution in [0, 0.1) is 13.8 Å². The van der Waals surface area contributed by atoms with Crippen LogP contribution in [-0.2, 0) is 17.6 Å². The Morgan fingerprint density at radius 1 is 0.756 bits per heavy atom. The molecule has 3 aromatic heterocycles. The highest BCUT2D eigenvalue weighted by Crippen LogP contribution is 2.38. The number of ether oxygens (including phenoxy) is 1. The number of aromatic amines is 1. The number of hydrogen-bond acceptors (Lipinski definition) is 6. The Labute approximate surface area is 240 Å². The number of benzene rings is 2. The highest BCUT2D eigenvalue weighted by atomic mass is 16.5. The molecular weight excluding hydrogens is 508 g/mol. The van der Waals surface area contributed by atoms with Gasteiger partial charge in [-0.1, -0.05) is 42.5 Å². The largest absolute Gasteiger partial charge is 0.378 e. The predicted molar refractivity (Wildman–Crippen MR) is 161 cm³/mol. The smallest absolute Gasteiger partial charge is 0.155 e. The molecule has 1 aliphatic carbocycles. The molecule has 0 radical (unpaired) electrons. The lowest BCUT2D eigenvalue weighted by molar-refractivity contribution is -0.148. The SMILES string of the molecule is Cc1cnc(C)c(-c2ccc(-c3n[nH]c4ncc(-c5ccc6c(c5)CC[C@@H](N5C7COCC5C7)CC6)cc34)cc2)n1. The van der Waals surface area contributed by atoms with E-state index in [1.165, 1.54) is 36.0 Å². The normalized spacial score (nSPS) is 22.2. The zero-order valence-electron chi connectivity index (χ0n) is 23.6. The van der Waals surface area contributed by atoms with Crippen LogP contribution in [0.3, 0.4) is 0 Å². The highest BCUT2D eigenvalue weighted by molar-refractivity contribution is 5.93. The summed E-state index contributed by atoms with van der Waals surface area (Å²) in [6, 6.07) is 19.6. The number of fused-ring (bicyclic) bond motifs is 4. The summed E-state index contributed by atoms with van der Waals surface area (Å²) < 4.78 is 5.74. The monoisotopic (exact) mass is 542 g/mol. The third kappa shape index (κ3) is 4.35. The van der Waals surface area contributed by atoms with Crippen LogP contribution in [0.4, 0.5) is 0 Å². The maximum absolute atomic E-state index is 5.74. The topological polar surface area (TPSA) is 79.8 Å². The van der Waals surface area contributed by atoms with Gasteiger partial charge in [-0.2, -0.15) is 5.10 Å². The number of aryl methyl sites for hydroxylation is 4. The van der Waals surface area contributed by atoms with E-state index in [9.17, 15) is 0 Å². The second kappa shape index (κ2) is 9.86. The van der Waals surface area contributed by atoms with Gasteiger partial charge in [-0.05, 0) is 68.7 Å². The first-order valence-corrected chi connectivity index (χ1v) is 14.8. The maximum atomic E-state index is 5.74. The van der Waals surface area contributed by atoms with Crippen LogP contribution >= 0.6 is 0 Å². The van der Waals surface area contributed by atoms with Gasteiger partial charge in [-0.25, -0.2) is 9.97 Å². The molecule has 3 aliphatic rings. The van der Waals surface area contributed by atoms with Crippen molar-refractivity contribution < 1.29 is 4.74 Å². The van der Waals surface area contributed by atoms with E-state index in [1.54, 1.807) is 0 Å². The molecule has 7 heteroatoms. The number of aromatic nitrogens is 5. The van der Waals surface area contributed by atoms with Gasteiger partial charge < -0.3 is 4.74 Å². The number of pyridine rings is 1. The number of morpholine rings is 1. The quantitative estimate of drug-likeness (QED) is 0.277. The number of nitrogens with one attached hydrogen (secondary N) is 1. The van der Waals surface area contributed by atoms with Gasteiger partial charge in [0.15, 0.2) is 5.65 Å². The van der Waals surface area contributed by atoms with E-state index in [0.29, 0.717) is 18.1 Å². The van der Waals surface area contributed by atoms with Crippen LogP contribution in [0.25, 0.3) is 44.7 Å². The molecule has 2 bridgehead atoms. The Morgan fingerprint density at radius 3 is 2.27 bits per heavy atom. The molecule has 2 aromatic carbocycles. The van der Waals surface area contributed by atoms with Crippen LogP contribution in [0.5, 0.6) is 0 Å². The Hall–Kier alpha value is -3.94. The van der Waals surface area contributed by atoms with Crippen LogP contribution < -0.4 is 0 Å². The van der Waals surface area contributed by atoms with Gasteiger partial charge in [0.05, 0.1) is 30.3 Å². The van der Waals surface area contributed by atoms with Gasteiger partial charge in [0.2, 0.25) is 0 Å². The molecule has 2 unspecified atom stereocenters. The summed E-state index contributed by atoms with van der Waals surface area (Å²) in [6.07, 6.45) is 9.87. The van der Waals surface area contributed by atoms with E-state index < -0.39 is 0 Å². The summed E-state index contributed by atoms with van der Waals surface area (Å²) in [7, 11) is 0. The molecule has 5 aromatic rings. The van der Waals surface area contributed by atoms with Crippen LogP contribution in [0.1, 0.15) is 41.8 Å². The minimum Gasteiger partial charge on any atom is -0.378 e. The van der Waals surface area contributed by atoms with E-state index in [0.717, 1.165) is 76.6 Å². The van der Waals surface area contributed by atoms with Crippen LogP contribution in [0.2, 0.25) is 0 Å². The molecule has 0 amide bonds. The molecule has 2 saturated heterocycles. The summed E-state index contributed by atoms with van der Waals surface area (Å²) in [4.78, 5) is 16.7. The second-order valence-corrected chi connectivity index (χ2v) is 12.0. The van der Waals surface area contributed by atoms with E-state index >= 15 is 0 Å². The molecule has 3 atom stereocenters. The first-order valence-electron chi connectivity index (χ1n) is 14.8. The summed E-state index contributed by atoms with van der Waals surface area (Å²) >= 11 is 0. The van der Waals surface area contributed by atoms with Crippen molar-refractivity contribution in [1.82, 2.24) is 30.0 Å². The average Bonchev–Trinajstić information content (AvgIpc) is 3.32. The zero-order valence-corrected chi connectivity index (χ0v) is 23.6. The second-order valence-electron chi connectivity index (χ2n) is 12.0. The first-order chi connectivity index (χ1) is 20.1. The number of hydrogen-bond donors (Lipinski definition) is 1. The summed E-state index contributed by atoms with van der Waals surface area (Å²) in [5.41, 5.74) is 11.9. The molecule has 41 heavy (non-hydrogen) atoms. The van der Waals surface area contributed by atoms with Crippen molar-refractivity contribution in [1.29, 1.82) is 0 Å². The molecule has 8 rings (SSSR count). The fourth-order valence-electron chi connectivity index (χ4n) is 7.21. The molecular formula is C34H34N6O. The zero-order chi connectivity index (χ0) is 27.5. The molecule has 5 heterocycles. The Bertz CT molecular complexity index is 1750. The van der Waals surface area contributed by atoms with Gasteiger partial charge >= 0.3 is 0 Å². The molecule has 206 valence electrons. The average molecular weight is 543 g/mol. The standard InChI is InChI=1S/C34H34N6O/c1-20-16-35-21(2)32(37-20)23-4-6-24(7-5-23)33-31-14-27(17-36-34(31)39-38-33)26-8-3-22-9-11-28(12-10-25(22)13-26)40-29-15-30(40)19-41-18-29/h3-8,13-14,16-17,28-30H,9-12,15,18-19H2,1-2H3,(H,36,38,39)/t28-,29?,30?/m0/s1. The van der Waals surface area contributed by atoms with Gasteiger partial charge in [-0.15, -0.1) is 0 Å². The third-order valence-corrected chi connectivity index (χ3v) is 9.39. The summed E-state index contributed by atoms with van der Waals surface area (Å²) in [6.45, 7) is 5.80. The van der Waals surface area contributed by atoms with Crippen molar-refractivity contribution in [2.75, 3.05) is 13.2 Å². The molecule has 0 spiro atoms. The van der Waals surface area contributed by atoms with Gasteiger partial charge in [0, 0.05) is 52.6 Å². The lowest BCUT2D eigenvalue weighted by atomic mass is 9.87. The lowest BCUT2D eigenvalue weighted by Gasteiger charge is -2.56. The lowest BCUT2D eigenvalue weighted by Crippen LogP contribution is -2.66. The van der Waals surface area contributed by atoms with Gasteiger partial charge in [-0.3, -0.25) is 15.0 Å². The van der Waals surface area contributed by atoms with Crippen molar-refractivity contribution in [2.45, 2.75) is 64.1 Å². The van der Waals surface area contributed by atoms with Crippen LogP contribution in [-0.4, -0.2) is 61.4 Å². The first kappa shape index (κ1) is 24.8. The fraction of sp³-hybridized carbons (Fsp3) is 0.353. The van der Waals surface area contributed by atoms with E-state index in [4.69, 9.17) is 14.7 Å². The van der Waals surface area contributed by atoms with Crippen molar-refractivity contribution in [3.63, 3.8) is 0 Å². The van der Waals surface area contributed by atoms with E-state index in [2.05, 4.69) is 68.6 Å². The van der Waals surface area contributed by atoms with Crippen molar-refractivity contribution in [3.05, 3.63) is 83.4 Å². The molecule has 1 N–H and O–H groups in total. The van der Waals surface area contributed by atoms with Gasteiger partial charge in [0.1, 0.15) is 5.69 Å². The van der Waals surface area contributed by atoms with Crippen LogP contribution in [0.15, 0.2) is 60.9 Å². The Balaban J connectivity index is 1.06. The maximum Gasteiger partial charge on any atom is 0.155 e. The van der Waals surface area contributed by atoms with Crippen molar-refractivity contribution in [3.8, 4) is 33.6 Å². The Morgan fingerprint density at radius 2 is 1.49 bits per heavy atom. The summed E-state index contributed by atoms with van der Waals surface area (Å²) in [5.74, 6) is 0. The highest BCUT2D eigenvalue weighted by Gasteiger charge is 2.45. The van der Waals surface area contributed by atoms with E-state index in [1.807, 2.05) is 26.2 Å². The van der Waals surface area contributed by atoms with Crippen molar-refractivity contribution in [2.24, 2.45) is 0 Å². The number of H-pyrrole nitrogens is 1. The molecule has 2 fully saturated rings. The molecule has 7 nitrogen and oxygen atoms in total. The minimum absolute atomic E-state index is 0.647. The minimum atomic E-state index is 0.647. The Kier molecular flexibility index (Phi) is 5.97. The molecule has 2 aliphatic heterocycles. The number of nitrogens with zero attached hydrogens (tertiary/aromatic N) is 5. The van der Waals surface area contributed by atoms with Crippen molar-refractivity contribution >= 4 is 11.0 Å². The fourth-order valence-corrected chi connectivity index (χ4v) is 7.21. The van der Waals surface area contributed by atoms with E-state index in [-0.39, 0.29) is 0 Å². The third-order valence-electron chi connectivity index (χ3n) is 9.39.